The third kappa shape index (κ3) is 4.74. The van der Waals surface area contributed by atoms with Gasteiger partial charge in [0.1, 0.15) is 12.4 Å². The van der Waals surface area contributed by atoms with E-state index in [9.17, 15) is 9.18 Å². The molecule has 4 heteroatoms. The highest BCUT2D eigenvalue weighted by molar-refractivity contribution is 5.91. The fraction of sp³-hybridized carbons (Fsp3) is 0.167. The van der Waals surface area contributed by atoms with Crippen molar-refractivity contribution in [1.29, 1.82) is 0 Å². The molecule has 0 radical (unpaired) electrons. The Labute approximate surface area is 129 Å². The van der Waals surface area contributed by atoms with Crippen LogP contribution < -0.4 is 4.74 Å². The molecular formula is C18H17FO3. The van der Waals surface area contributed by atoms with Gasteiger partial charge in [0.15, 0.2) is 0 Å². The summed E-state index contributed by atoms with van der Waals surface area (Å²) >= 11 is 0. The summed E-state index contributed by atoms with van der Waals surface area (Å²) in [7, 11) is 0. The van der Waals surface area contributed by atoms with E-state index in [1.165, 1.54) is 0 Å². The van der Waals surface area contributed by atoms with Crippen molar-refractivity contribution in [2.24, 2.45) is 0 Å². The first-order valence-corrected chi connectivity index (χ1v) is 7.00. The fourth-order valence-corrected chi connectivity index (χ4v) is 1.81. The largest absolute Gasteiger partial charge is 0.489 e. The van der Waals surface area contributed by atoms with Gasteiger partial charge in [-0.3, -0.25) is 0 Å². The lowest BCUT2D eigenvalue weighted by molar-refractivity contribution is -0.140. The Morgan fingerprint density at radius 3 is 2.41 bits per heavy atom. The van der Waals surface area contributed by atoms with Gasteiger partial charge < -0.3 is 9.47 Å². The van der Waals surface area contributed by atoms with Gasteiger partial charge >= 0.3 is 5.97 Å². The summed E-state index contributed by atoms with van der Waals surface area (Å²) < 4.78 is 23.7. The molecular weight excluding hydrogens is 283 g/mol. The summed E-state index contributed by atoms with van der Waals surface area (Å²) in [6.45, 7) is 2.24. The quantitative estimate of drug-likeness (QED) is 0.594. The summed E-state index contributed by atoms with van der Waals surface area (Å²) in [5, 5.41) is 0. The number of rotatable bonds is 6. The molecule has 22 heavy (non-hydrogen) atoms. The number of hydrogen-bond acceptors (Lipinski definition) is 3. The summed E-state index contributed by atoms with van der Waals surface area (Å²) in [4.78, 5) is 11.2. The number of hydrogen-bond donors (Lipinski definition) is 0. The van der Waals surface area contributed by atoms with Crippen LogP contribution in [-0.4, -0.2) is 12.6 Å². The summed E-state index contributed by atoms with van der Waals surface area (Å²) in [5.41, 5.74) is 1.64. The van der Waals surface area contributed by atoms with Gasteiger partial charge in [-0.2, -0.15) is 4.39 Å². The zero-order valence-electron chi connectivity index (χ0n) is 12.3. The Morgan fingerprint density at radius 1 is 1.09 bits per heavy atom. The average molecular weight is 300 g/mol. The van der Waals surface area contributed by atoms with E-state index in [2.05, 4.69) is 4.74 Å². The topological polar surface area (TPSA) is 35.5 Å². The van der Waals surface area contributed by atoms with Crippen LogP contribution in [0.2, 0.25) is 0 Å². The molecule has 3 nitrogen and oxygen atoms in total. The van der Waals surface area contributed by atoms with Crippen molar-refractivity contribution in [1.82, 2.24) is 0 Å². The third-order valence-electron chi connectivity index (χ3n) is 2.89. The Balaban J connectivity index is 1.95. The Bertz CT molecular complexity index is 633. The molecule has 0 aromatic heterocycles. The molecule has 0 saturated carbocycles. The van der Waals surface area contributed by atoms with Gasteiger partial charge in [0, 0.05) is 0 Å². The van der Waals surface area contributed by atoms with Crippen molar-refractivity contribution in [3.05, 3.63) is 71.6 Å². The highest BCUT2D eigenvalue weighted by Gasteiger charge is 2.09. The van der Waals surface area contributed by atoms with E-state index in [1.807, 2.05) is 30.3 Å². The van der Waals surface area contributed by atoms with E-state index in [0.717, 1.165) is 11.6 Å². The maximum absolute atomic E-state index is 13.5. The maximum Gasteiger partial charge on any atom is 0.367 e. The molecule has 2 aromatic carbocycles. The van der Waals surface area contributed by atoms with Gasteiger partial charge in [0.2, 0.25) is 5.83 Å². The first-order valence-electron chi connectivity index (χ1n) is 7.00. The van der Waals surface area contributed by atoms with E-state index in [1.54, 1.807) is 31.2 Å². The van der Waals surface area contributed by atoms with Crippen LogP contribution in [0.25, 0.3) is 6.08 Å². The molecule has 0 N–H and O–H groups in total. The fourth-order valence-electron chi connectivity index (χ4n) is 1.81. The monoisotopic (exact) mass is 300 g/mol. The standard InChI is InChI=1S/C18H17FO3/c1-2-21-18(20)17(19)12-14-8-10-16(11-9-14)22-13-15-6-4-3-5-7-15/h3-12H,2,13H2,1H3/b17-12+. The Hall–Kier alpha value is -2.62. The van der Waals surface area contributed by atoms with Crippen molar-refractivity contribution in [2.45, 2.75) is 13.5 Å². The molecule has 0 fully saturated rings. The first-order chi connectivity index (χ1) is 10.7. The number of ether oxygens (including phenoxy) is 2. The van der Waals surface area contributed by atoms with Crippen molar-refractivity contribution in [3.8, 4) is 5.75 Å². The van der Waals surface area contributed by atoms with Gasteiger partial charge in [0.25, 0.3) is 0 Å². The molecule has 114 valence electrons. The lowest BCUT2D eigenvalue weighted by Gasteiger charge is -2.06. The Morgan fingerprint density at radius 2 is 1.77 bits per heavy atom. The van der Waals surface area contributed by atoms with Crippen LogP contribution in [0.3, 0.4) is 0 Å². The molecule has 0 atom stereocenters. The molecule has 0 aliphatic heterocycles. The zero-order valence-corrected chi connectivity index (χ0v) is 12.3. The molecule has 0 saturated heterocycles. The van der Waals surface area contributed by atoms with E-state index in [-0.39, 0.29) is 6.61 Å². The number of benzene rings is 2. The highest BCUT2D eigenvalue weighted by Crippen LogP contribution is 2.17. The number of carbonyl (C=O) groups excluding carboxylic acids is 1. The molecule has 0 aliphatic rings. The van der Waals surface area contributed by atoms with Crippen molar-refractivity contribution in [2.75, 3.05) is 6.61 Å². The van der Waals surface area contributed by atoms with E-state index in [0.29, 0.717) is 17.9 Å². The van der Waals surface area contributed by atoms with Crippen LogP contribution in [-0.2, 0) is 16.1 Å². The molecule has 0 bridgehead atoms. The highest BCUT2D eigenvalue weighted by atomic mass is 19.1. The third-order valence-corrected chi connectivity index (χ3v) is 2.89. The minimum Gasteiger partial charge on any atom is -0.489 e. The van der Waals surface area contributed by atoms with Crippen LogP contribution in [0.4, 0.5) is 4.39 Å². The molecule has 0 heterocycles. The van der Waals surface area contributed by atoms with Gasteiger partial charge in [-0.05, 0) is 36.3 Å². The molecule has 0 aliphatic carbocycles. The van der Waals surface area contributed by atoms with Crippen molar-refractivity contribution < 1.29 is 18.7 Å². The van der Waals surface area contributed by atoms with E-state index >= 15 is 0 Å². The zero-order chi connectivity index (χ0) is 15.8. The van der Waals surface area contributed by atoms with Crippen molar-refractivity contribution >= 4 is 12.0 Å². The van der Waals surface area contributed by atoms with Gasteiger partial charge in [-0.1, -0.05) is 42.5 Å². The van der Waals surface area contributed by atoms with Crippen LogP contribution in [0, 0.1) is 0 Å². The number of esters is 1. The average Bonchev–Trinajstić information content (AvgIpc) is 2.55. The number of carbonyl (C=O) groups is 1. The van der Waals surface area contributed by atoms with Gasteiger partial charge in [-0.25, -0.2) is 4.79 Å². The molecule has 0 spiro atoms. The van der Waals surface area contributed by atoms with Crippen LogP contribution in [0.1, 0.15) is 18.1 Å². The Kier molecular flexibility index (Phi) is 5.72. The first kappa shape index (κ1) is 15.8. The van der Waals surface area contributed by atoms with Crippen LogP contribution >= 0.6 is 0 Å². The van der Waals surface area contributed by atoms with E-state index in [4.69, 9.17) is 4.74 Å². The SMILES string of the molecule is CCOC(=O)/C(F)=C\c1ccc(OCc2ccccc2)cc1. The van der Waals surface area contributed by atoms with Crippen LogP contribution in [0.15, 0.2) is 60.4 Å². The lowest BCUT2D eigenvalue weighted by atomic mass is 10.2. The minimum atomic E-state index is -0.952. The molecule has 0 amide bonds. The molecule has 2 aromatic rings. The summed E-state index contributed by atoms with van der Waals surface area (Å²) in [6, 6.07) is 16.6. The van der Waals surface area contributed by atoms with Gasteiger partial charge in [-0.15, -0.1) is 0 Å². The maximum atomic E-state index is 13.5. The second kappa shape index (κ2) is 7.98. The van der Waals surface area contributed by atoms with Crippen molar-refractivity contribution in [3.63, 3.8) is 0 Å². The number of halogens is 1. The van der Waals surface area contributed by atoms with Crippen LogP contribution in [0.5, 0.6) is 5.75 Å². The van der Waals surface area contributed by atoms with Gasteiger partial charge in [0.05, 0.1) is 6.61 Å². The summed E-state index contributed by atoms with van der Waals surface area (Å²) in [6.07, 6.45) is 1.14. The minimum absolute atomic E-state index is 0.145. The normalized spacial score (nSPS) is 11.1. The summed E-state index contributed by atoms with van der Waals surface area (Å²) in [5.74, 6) is -1.19. The smallest absolute Gasteiger partial charge is 0.367 e. The lowest BCUT2D eigenvalue weighted by Crippen LogP contribution is -2.03. The van der Waals surface area contributed by atoms with E-state index < -0.39 is 11.8 Å². The molecule has 2 rings (SSSR count). The second-order valence-corrected chi connectivity index (χ2v) is 4.56. The predicted octanol–water partition coefficient (Wildman–Crippen LogP) is 4.14. The predicted molar refractivity (Wildman–Crippen MR) is 82.9 cm³/mol. The second-order valence-electron chi connectivity index (χ2n) is 4.56. The molecule has 0 unspecified atom stereocenters.